The highest BCUT2D eigenvalue weighted by Crippen LogP contribution is 2.22. The van der Waals surface area contributed by atoms with Crippen LogP contribution >= 0.6 is 0 Å². The molecule has 0 aliphatic rings. The van der Waals surface area contributed by atoms with Crippen LogP contribution < -0.4 is 5.32 Å². The third kappa shape index (κ3) is 3.61. The molecule has 0 bridgehead atoms. The molecule has 0 spiro atoms. The summed E-state index contributed by atoms with van der Waals surface area (Å²) in [5, 5.41) is 7.66. The smallest absolute Gasteiger partial charge is 0.253 e. The first-order valence-corrected chi connectivity index (χ1v) is 9.58. The first-order chi connectivity index (χ1) is 13.9. The number of para-hydroxylation sites is 1. The van der Waals surface area contributed by atoms with E-state index >= 15 is 0 Å². The van der Waals surface area contributed by atoms with Crippen molar-refractivity contribution in [2.45, 2.75) is 34.1 Å². The van der Waals surface area contributed by atoms with Gasteiger partial charge in [-0.15, -0.1) is 5.10 Å². The number of benzene rings is 2. The molecule has 0 unspecified atom stereocenters. The van der Waals surface area contributed by atoms with Crippen LogP contribution in [0.2, 0.25) is 0 Å². The molecule has 4 rings (SSSR count). The minimum absolute atomic E-state index is 0.0712. The van der Waals surface area contributed by atoms with Gasteiger partial charge in [-0.25, -0.2) is 9.50 Å². The van der Waals surface area contributed by atoms with Gasteiger partial charge in [0.1, 0.15) is 0 Å². The van der Waals surface area contributed by atoms with E-state index < -0.39 is 0 Å². The summed E-state index contributed by atoms with van der Waals surface area (Å²) in [6.45, 7) is 7.85. The Morgan fingerprint density at radius 1 is 0.931 bits per heavy atom. The van der Waals surface area contributed by atoms with Gasteiger partial charge in [0.25, 0.3) is 5.78 Å². The molecule has 2 heterocycles. The Hall–Kier alpha value is -3.54. The van der Waals surface area contributed by atoms with E-state index in [2.05, 4.69) is 20.4 Å². The van der Waals surface area contributed by atoms with Crippen molar-refractivity contribution in [1.29, 1.82) is 0 Å². The Morgan fingerprint density at radius 3 is 2.31 bits per heavy atom. The number of nitrogens with zero attached hydrogens (tertiary/aromatic N) is 4. The van der Waals surface area contributed by atoms with Gasteiger partial charge in [-0.2, -0.15) is 4.98 Å². The maximum atomic E-state index is 12.8. The number of carbonyl (C=O) groups is 1. The molecular weight excluding hydrogens is 362 g/mol. The molecule has 0 radical (unpaired) electrons. The molecule has 2 aromatic heterocycles. The number of rotatable bonds is 4. The first kappa shape index (κ1) is 18.8. The second-order valence-corrected chi connectivity index (χ2v) is 7.27. The van der Waals surface area contributed by atoms with E-state index in [9.17, 15) is 4.79 Å². The number of nitrogens with one attached hydrogen (secondary N) is 1. The lowest BCUT2D eigenvalue weighted by molar-refractivity contribution is -0.115. The normalized spacial score (nSPS) is 11.0. The van der Waals surface area contributed by atoms with Crippen molar-refractivity contribution in [3.05, 3.63) is 76.6 Å². The van der Waals surface area contributed by atoms with Gasteiger partial charge in [0.2, 0.25) is 5.91 Å². The van der Waals surface area contributed by atoms with Gasteiger partial charge < -0.3 is 5.32 Å². The Morgan fingerprint density at radius 2 is 1.62 bits per heavy atom. The van der Waals surface area contributed by atoms with E-state index in [0.29, 0.717) is 11.6 Å². The lowest BCUT2D eigenvalue weighted by Crippen LogP contribution is -2.19. The van der Waals surface area contributed by atoms with Crippen LogP contribution in [-0.2, 0) is 11.2 Å². The maximum absolute atomic E-state index is 12.8. The van der Waals surface area contributed by atoms with Crippen molar-refractivity contribution in [2.75, 3.05) is 5.32 Å². The van der Waals surface area contributed by atoms with Crippen LogP contribution in [0.5, 0.6) is 0 Å². The van der Waals surface area contributed by atoms with E-state index in [1.165, 1.54) is 0 Å². The SMILES string of the molecule is Cc1cccc(C)c1NC(=O)Cc1c(C)nc2nc(-c3ccccc3)nn2c1C. The lowest BCUT2D eigenvalue weighted by atomic mass is 10.1. The summed E-state index contributed by atoms with van der Waals surface area (Å²) in [6, 6.07) is 15.8. The van der Waals surface area contributed by atoms with Gasteiger partial charge in [-0.1, -0.05) is 48.5 Å². The Labute approximate surface area is 169 Å². The monoisotopic (exact) mass is 385 g/mol. The fraction of sp³-hybridized carbons (Fsp3) is 0.217. The standard InChI is InChI=1S/C23H23N5O/c1-14-9-8-10-15(2)21(14)25-20(29)13-19-16(3)24-23-26-22(27-28(23)17(19)4)18-11-6-5-7-12-18/h5-12H,13H2,1-4H3,(H,25,29). The van der Waals surface area contributed by atoms with Crippen LogP contribution in [0.25, 0.3) is 17.2 Å². The molecule has 29 heavy (non-hydrogen) atoms. The lowest BCUT2D eigenvalue weighted by Gasteiger charge is -2.13. The molecule has 6 heteroatoms. The van der Waals surface area contributed by atoms with Crippen LogP contribution in [0.4, 0.5) is 5.69 Å². The molecule has 6 nitrogen and oxygen atoms in total. The summed E-state index contributed by atoms with van der Waals surface area (Å²) in [4.78, 5) is 21.9. The maximum Gasteiger partial charge on any atom is 0.253 e. The largest absolute Gasteiger partial charge is 0.325 e. The van der Waals surface area contributed by atoms with Crippen molar-refractivity contribution in [2.24, 2.45) is 0 Å². The molecule has 4 aromatic rings. The van der Waals surface area contributed by atoms with Gasteiger partial charge in [-0.3, -0.25) is 4.79 Å². The summed E-state index contributed by atoms with van der Waals surface area (Å²) in [7, 11) is 0. The van der Waals surface area contributed by atoms with E-state index in [4.69, 9.17) is 0 Å². The predicted molar refractivity (Wildman–Crippen MR) is 114 cm³/mol. The Kier molecular flexibility index (Phi) is 4.84. The molecule has 2 aromatic carbocycles. The minimum atomic E-state index is -0.0712. The number of amides is 1. The van der Waals surface area contributed by atoms with Crippen molar-refractivity contribution in [1.82, 2.24) is 19.6 Å². The molecule has 0 saturated heterocycles. The minimum Gasteiger partial charge on any atom is -0.325 e. The van der Waals surface area contributed by atoms with Crippen molar-refractivity contribution in [3.8, 4) is 11.4 Å². The number of fused-ring (bicyclic) bond motifs is 1. The number of hydrogen-bond donors (Lipinski definition) is 1. The third-order valence-electron chi connectivity index (χ3n) is 5.16. The second-order valence-electron chi connectivity index (χ2n) is 7.27. The van der Waals surface area contributed by atoms with Gasteiger partial charge in [-0.05, 0) is 38.8 Å². The summed E-state index contributed by atoms with van der Waals surface area (Å²) in [5.74, 6) is 1.09. The van der Waals surface area contributed by atoms with E-state index in [0.717, 1.165) is 39.3 Å². The molecule has 0 saturated carbocycles. The molecule has 0 aliphatic carbocycles. The van der Waals surface area contributed by atoms with Crippen LogP contribution in [0.3, 0.4) is 0 Å². The van der Waals surface area contributed by atoms with Gasteiger partial charge >= 0.3 is 0 Å². The highest BCUT2D eigenvalue weighted by atomic mass is 16.1. The van der Waals surface area contributed by atoms with Gasteiger partial charge in [0.15, 0.2) is 5.82 Å². The average molecular weight is 385 g/mol. The predicted octanol–water partition coefficient (Wildman–Crippen LogP) is 4.21. The zero-order chi connectivity index (χ0) is 20.5. The van der Waals surface area contributed by atoms with Crippen LogP contribution in [-0.4, -0.2) is 25.5 Å². The number of hydrogen-bond acceptors (Lipinski definition) is 4. The van der Waals surface area contributed by atoms with Crippen LogP contribution in [0, 0.1) is 27.7 Å². The zero-order valence-electron chi connectivity index (χ0n) is 17.0. The highest BCUT2D eigenvalue weighted by Gasteiger charge is 2.17. The molecule has 0 atom stereocenters. The fourth-order valence-corrected chi connectivity index (χ4v) is 3.53. The van der Waals surface area contributed by atoms with E-state index in [1.54, 1.807) is 4.52 Å². The second kappa shape index (κ2) is 7.47. The van der Waals surface area contributed by atoms with Crippen LogP contribution in [0.15, 0.2) is 48.5 Å². The topological polar surface area (TPSA) is 72.2 Å². The summed E-state index contributed by atoms with van der Waals surface area (Å²) in [6.07, 6.45) is 0.231. The number of anilines is 1. The molecular formula is C23H23N5O. The molecule has 0 fully saturated rings. The van der Waals surface area contributed by atoms with Crippen LogP contribution in [0.1, 0.15) is 28.1 Å². The fourth-order valence-electron chi connectivity index (χ4n) is 3.53. The van der Waals surface area contributed by atoms with Crippen molar-refractivity contribution in [3.63, 3.8) is 0 Å². The first-order valence-electron chi connectivity index (χ1n) is 9.58. The Bertz CT molecular complexity index is 1190. The number of aromatic nitrogens is 4. The van der Waals surface area contributed by atoms with Gasteiger partial charge in [0, 0.05) is 28.2 Å². The number of carbonyl (C=O) groups excluding carboxylic acids is 1. The van der Waals surface area contributed by atoms with Gasteiger partial charge in [0.05, 0.1) is 6.42 Å². The van der Waals surface area contributed by atoms with E-state index in [-0.39, 0.29) is 12.3 Å². The average Bonchev–Trinajstić information content (AvgIpc) is 3.13. The molecule has 0 aliphatic heterocycles. The molecule has 146 valence electrons. The third-order valence-corrected chi connectivity index (χ3v) is 5.16. The summed E-state index contributed by atoms with van der Waals surface area (Å²) in [5.41, 5.74) is 6.43. The summed E-state index contributed by atoms with van der Waals surface area (Å²) < 4.78 is 1.72. The van der Waals surface area contributed by atoms with Crippen molar-refractivity contribution >= 4 is 17.4 Å². The molecule has 1 N–H and O–H groups in total. The Balaban J connectivity index is 1.66. The van der Waals surface area contributed by atoms with Crippen molar-refractivity contribution < 1.29 is 4.79 Å². The number of aryl methyl sites for hydroxylation is 4. The molecule has 1 amide bonds. The summed E-state index contributed by atoms with van der Waals surface area (Å²) >= 11 is 0. The zero-order valence-corrected chi connectivity index (χ0v) is 17.0. The highest BCUT2D eigenvalue weighted by molar-refractivity contribution is 5.94. The quantitative estimate of drug-likeness (QED) is 0.571. The van der Waals surface area contributed by atoms with E-state index in [1.807, 2.05) is 76.2 Å².